The Morgan fingerprint density at radius 3 is 2.71 bits per heavy atom. The molecule has 0 bridgehead atoms. The number of fused-ring (bicyclic) bond motifs is 2. The Bertz CT molecular complexity index is 798. The SMILES string of the molecule is Cc1[nH]c2cc3c(Br)cc(=O)oc3cc2c1C. The second kappa shape index (κ2) is 3.47. The van der Waals surface area contributed by atoms with Gasteiger partial charge in [-0.05, 0) is 47.5 Å². The summed E-state index contributed by atoms with van der Waals surface area (Å²) >= 11 is 3.38. The van der Waals surface area contributed by atoms with Gasteiger partial charge in [0.25, 0.3) is 0 Å². The van der Waals surface area contributed by atoms with Crippen molar-refractivity contribution in [3.8, 4) is 0 Å². The summed E-state index contributed by atoms with van der Waals surface area (Å²) in [6.07, 6.45) is 0. The van der Waals surface area contributed by atoms with Crippen molar-refractivity contribution in [2.75, 3.05) is 0 Å². The maximum Gasteiger partial charge on any atom is 0.337 e. The third-order valence-electron chi connectivity index (χ3n) is 3.12. The molecule has 0 fully saturated rings. The fourth-order valence-electron chi connectivity index (χ4n) is 2.08. The van der Waals surface area contributed by atoms with Gasteiger partial charge in [0.1, 0.15) is 5.58 Å². The summed E-state index contributed by atoms with van der Waals surface area (Å²) in [5.41, 5.74) is 3.65. The fourth-order valence-corrected chi connectivity index (χ4v) is 2.58. The first-order valence-corrected chi connectivity index (χ1v) is 6.08. The van der Waals surface area contributed by atoms with E-state index in [1.54, 1.807) is 0 Å². The van der Waals surface area contributed by atoms with Gasteiger partial charge in [-0.15, -0.1) is 0 Å². The molecule has 0 unspecified atom stereocenters. The van der Waals surface area contributed by atoms with Crippen LogP contribution in [0.4, 0.5) is 0 Å². The van der Waals surface area contributed by atoms with E-state index in [2.05, 4.69) is 27.8 Å². The van der Waals surface area contributed by atoms with Gasteiger partial charge in [-0.25, -0.2) is 4.79 Å². The number of benzene rings is 1. The lowest BCUT2D eigenvalue weighted by atomic mass is 10.1. The van der Waals surface area contributed by atoms with Crippen molar-refractivity contribution < 1.29 is 4.42 Å². The van der Waals surface area contributed by atoms with Crippen molar-refractivity contribution in [3.63, 3.8) is 0 Å². The summed E-state index contributed by atoms with van der Waals surface area (Å²) in [4.78, 5) is 14.6. The van der Waals surface area contributed by atoms with E-state index in [4.69, 9.17) is 4.42 Å². The molecule has 3 aromatic rings. The molecule has 2 aromatic heterocycles. The minimum atomic E-state index is -0.339. The molecule has 2 heterocycles. The largest absolute Gasteiger partial charge is 0.423 e. The van der Waals surface area contributed by atoms with E-state index in [1.807, 2.05) is 19.1 Å². The highest BCUT2D eigenvalue weighted by Crippen LogP contribution is 2.29. The molecule has 3 nitrogen and oxygen atoms in total. The van der Waals surface area contributed by atoms with Crippen LogP contribution in [0.1, 0.15) is 11.3 Å². The van der Waals surface area contributed by atoms with Gasteiger partial charge >= 0.3 is 5.63 Å². The Morgan fingerprint density at radius 2 is 1.94 bits per heavy atom. The molecule has 3 rings (SSSR count). The normalized spacial score (nSPS) is 11.5. The average Bonchev–Trinajstić information content (AvgIpc) is 2.53. The number of hydrogen-bond acceptors (Lipinski definition) is 2. The Kier molecular flexibility index (Phi) is 2.16. The topological polar surface area (TPSA) is 46.0 Å². The number of H-pyrrole nitrogens is 1. The molecule has 0 radical (unpaired) electrons. The molecule has 0 saturated heterocycles. The zero-order chi connectivity index (χ0) is 12.2. The van der Waals surface area contributed by atoms with Gasteiger partial charge in [-0.2, -0.15) is 0 Å². The zero-order valence-electron chi connectivity index (χ0n) is 9.43. The molecule has 0 aliphatic rings. The van der Waals surface area contributed by atoms with Crippen LogP contribution in [0.2, 0.25) is 0 Å². The van der Waals surface area contributed by atoms with E-state index >= 15 is 0 Å². The van der Waals surface area contributed by atoms with Gasteiger partial charge in [0.2, 0.25) is 0 Å². The van der Waals surface area contributed by atoms with E-state index in [0.29, 0.717) is 5.58 Å². The van der Waals surface area contributed by atoms with E-state index < -0.39 is 0 Å². The van der Waals surface area contributed by atoms with Crippen LogP contribution in [0.3, 0.4) is 0 Å². The van der Waals surface area contributed by atoms with Crippen LogP contribution in [-0.2, 0) is 0 Å². The molecule has 0 amide bonds. The number of aryl methyl sites for hydroxylation is 2. The van der Waals surface area contributed by atoms with Crippen molar-refractivity contribution >= 4 is 37.8 Å². The molecule has 17 heavy (non-hydrogen) atoms. The second-order valence-electron chi connectivity index (χ2n) is 4.18. The van der Waals surface area contributed by atoms with Crippen molar-refractivity contribution in [1.82, 2.24) is 4.98 Å². The molecule has 1 N–H and O–H groups in total. The molecule has 4 heteroatoms. The molecule has 0 atom stereocenters. The summed E-state index contributed by atoms with van der Waals surface area (Å²) in [7, 11) is 0. The van der Waals surface area contributed by atoms with Gasteiger partial charge in [0, 0.05) is 32.5 Å². The van der Waals surface area contributed by atoms with Crippen LogP contribution in [0.15, 0.2) is 31.9 Å². The third kappa shape index (κ3) is 1.52. The number of halogens is 1. The van der Waals surface area contributed by atoms with Gasteiger partial charge in [0.15, 0.2) is 0 Å². The minimum Gasteiger partial charge on any atom is -0.423 e. The number of aromatic nitrogens is 1. The van der Waals surface area contributed by atoms with E-state index in [0.717, 1.165) is 26.5 Å². The lowest BCUT2D eigenvalue weighted by Gasteiger charge is -1.99. The van der Waals surface area contributed by atoms with E-state index in [-0.39, 0.29) is 5.63 Å². The summed E-state index contributed by atoms with van der Waals surface area (Å²) in [6.45, 7) is 4.08. The molecule has 86 valence electrons. The number of aromatic amines is 1. The highest BCUT2D eigenvalue weighted by molar-refractivity contribution is 9.10. The van der Waals surface area contributed by atoms with Crippen molar-refractivity contribution in [3.05, 3.63) is 44.3 Å². The first-order valence-electron chi connectivity index (χ1n) is 5.28. The van der Waals surface area contributed by atoms with Crippen LogP contribution in [-0.4, -0.2) is 4.98 Å². The van der Waals surface area contributed by atoms with Crippen molar-refractivity contribution in [2.45, 2.75) is 13.8 Å². The molecule has 0 aliphatic carbocycles. The number of nitrogens with one attached hydrogen (secondary N) is 1. The Labute approximate surface area is 106 Å². The van der Waals surface area contributed by atoms with E-state index in [9.17, 15) is 4.79 Å². The highest BCUT2D eigenvalue weighted by Gasteiger charge is 2.09. The van der Waals surface area contributed by atoms with Crippen LogP contribution in [0.5, 0.6) is 0 Å². The van der Waals surface area contributed by atoms with Crippen LogP contribution in [0.25, 0.3) is 21.9 Å². The molecule has 0 saturated carbocycles. The van der Waals surface area contributed by atoms with Gasteiger partial charge in [0.05, 0.1) is 0 Å². The van der Waals surface area contributed by atoms with Crippen molar-refractivity contribution in [2.24, 2.45) is 0 Å². The van der Waals surface area contributed by atoms with Gasteiger partial charge in [-0.3, -0.25) is 0 Å². The maximum atomic E-state index is 11.3. The fraction of sp³-hybridized carbons (Fsp3) is 0.154. The predicted octanol–water partition coefficient (Wildman–Crippen LogP) is 3.65. The Morgan fingerprint density at radius 1 is 1.18 bits per heavy atom. The molecule has 0 spiro atoms. The summed E-state index contributed by atoms with van der Waals surface area (Å²) < 4.78 is 5.98. The molecule has 1 aromatic carbocycles. The van der Waals surface area contributed by atoms with Crippen LogP contribution in [0, 0.1) is 13.8 Å². The van der Waals surface area contributed by atoms with Gasteiger partial charge in [-0.1, -0.05) is 0 Å². The van der Waals surface area contributed by atoms with Crippen molar-refractivity contribution in [1.29, 1.82) is 0 Å². The zero-order valence-corrected chi connectivity index (χ0v) is 11.0. The standard InChI is InChI=1S/C13H10BrNO2/c1-6-7(2)15-11-3-9-10(14)5-13(16)17-12(9)4-8(6)11/h3-5,15H,1-2H3. The molecule has 0 aliphatic heterocycles. The molecular formula is C13H10BrNO2. The van der Waals surface area contributed by atoms with Crippen LogP contribution >= 0.6 is 15.9 Å². The number of hydrogen-bond donors (Lipinski definition) is 1. The summed E-state index contributed by atoms with van der Waals surface area (Å²) in [6, 6.07) is 5.35. The quantitative estimate of drug-likeness (QED) is 0.643. The minimum absolute atomic E-state index is 0.339. The maximum absolute atomic E-state index is 11.3. The van der Waals surface area contributed by atoms with Crippen LogP contribution < -0.4 is 5.63 Å². The summed E-state index contributed by atoms with van der Waals surface area (Å²) in [5.74, 6) is 0. The number of rotatable bonds is 0. The van der Waals surface area contributed by atoms with Gasteiger partial charge < -0.3 is 9.40 Å². The lowest BCUT2D eigenvalue weighted by Crippen LogP contribution is -1.95. The predicted molar refractivity (Wildman–Crippen MR) is 71.5 cm³/mol. The average molecular weight is 292 g/mol. The monoisotopic (exact) mass is 291 g/mol. The second-order valence-corrected chi connectivity index (χ2v) is 5.04. The Balaban J connectivity index is 2.56. The first-order chi connectivity index (χ1) is 8.06. The lowest BCUT2D eigenvalue weighted by molar-refractivity contribution is 0.560. The van der Waals surface area contributed by atoms with E-state index in [1.165, 1.54) is 11.6 Å². The first kappa shape index (κ1) is 10.6. The third-order valence-corrected chi connectivity index (χ3v) is 3.78. The Hall–Kier alpha value is -1.55. The smallest absolute Gasteiger partial charge is 0.337 e. The molecular weight excluding hydrogens is 282 g/mol. The summed E-state index contributed by atoms with van der Waals surface area (Å²) in [5, 5.41) is 2.00. The highest BCUT2D eigenvalue weighted by atomic mass is 79.9.